The van der Waals surface area contributed by atoms with Crippen molar-refractivity contribution in [3.63, 3.8) is 0 Å². The number of imide groups is 1. The number of carbonyl (C=O) groups is 2. The Morgan fingerprint density at radius 3 is 2.53 bits per heavy atom. The number of anilines is 1. The predicted molar refractivity (Wildman–Crippen MR) is 173 cm³/mol. The number of rotatable bonds is 9. The second-order valence-electron chi connectivity index (χ2n) is 12.3. The molecule has 2 aliphatic rings. The average molecular weight is 633 g/mol. The molecule has 1 atom stereocenters. The number of amides is 2. The number of pyridine rings is 1. The van der Waals surface area contributed by atoms with E-state index in [0.717, 1.165) is 37.1 Å². The molecule has 2 aromatic carbocycles. The number of piperidine rings is 1. The molecular weight excluding hydrogens is 596 g/mol. The summed E-state index contributed by atoms with van der Waals surface area (Å²) in [5, 5.41) is 14.6. The van der Waals surface area contributed by atoms with Crippen LogP contribution in [0.25, 0.3) is 22.4 Å². The first kappa shape index (κ1) is 30.8. The number of imidazole rings is 1. The number of likely N-dealkylation sites (tertiary alicyclic amines) is 1. The number of ether oxygens (including phenoxy) is 1. The van der Waals surface area contributed by atoms with E-state index >= 15 is 0 Å². The molecule has 1 saturated heterocycles. The van der Waals surface area contributed by atoms with Gasteiger partial charge in [0, 0.05) is 23.8 Å². The zero-order valence-electron chi connectivity index (χ0n) is 25.7. The maximum absolute atomic E-state index is 13.3. The number of carbonyl (C=O) groups excluding carboxylic acids is 2. The molecule has 12 heteroatoms. The van der Waals surface area contributed by atoms with Crippen LogP contribution >= 0.6 is 11.6 Å². The van der Waals surface area contributed by atoms with Gasteiger partial charge in [0.15, 0.2) is 0 Å². The lowest BCUT2D eigenvalue weighted by atomic mass is 10.0. The van der Waals surface area contributed by atoms with Gasteiger partial charge in [0.2, 0.25) is 0 Å². The van der Waals surface area contributed by atoms with E-state index < -0.39 is 11.7 Å². The van der Waals surface area contributed by atoms with E-state index in [2.05, 4.69) is 25.2 Å². The number of nitrogens with zero attached hydrogens (tertiary/aromatic N) is 3. The van der Waals surface area contributed by atoms with E-state index in [4.69, 9.17) is 16.3 Å². The van der Waals surface area contributed by atoms with Gasteiger partial charge in [-0.15, -0.1) is 0 Å². The zero-order valence-corrected chi connectivity index (χ0v) is 26.5. The quantitative estimate of drug-likeness (QED) is 0.197. The molecule has 6 rings (SSSR count). The molecule has 2 amide bonds. The van der Waals surface area contributed by atoms with Gasteiger partial charge in [0.25, 0.3) is 17.4 Å². The molecule has 11 nitrogen and oxygen atoms in total. The summed E-state index contributed by atoms with van der Waals surface area (Å²) in [5.41, 5.74) is 3.81. The fourth-order valence-corrected chi connectivity index (χ4v) is 6.22. The van der Waals surface area contributed by atoms with Gasteiger partial charge < -0.3 is 30.0 Å². The van der Waals surface area contributed by atoms with E-state index in [1.165, 1.54) is 11.1 Å². The normalized spacial score (nSPS) is 16.6. The van der Waals surface area contributed by atoms with Gasteiger partial charge in [-0.1, -0.05) is 25.4 Å². The van der Waals surface area contributed by atoms with Crippen molar-refractivity contribution in [2.75, 3.05) is 38.6 Å². The second kappa shape index (κ2) is 12.3. The number of H-pyrrole nitrogens is 2. The summed E-state index contributed by atoms with van der Waals surface area (Å²) in [6, 6.07) is 8.59. The lowest BCUT2D eigenvalue weighted by Gasteiger charge is -2.33. The van der Waals surface area contributed by atoms with Gasteiger partial charge >= 0.3 is 0 Å². The van der Waals surface area contributed by atoms with E-state index in [0.29, 0.717) is 38.6 Å². The SMILES string of the molecule is Cc1cc(OCC(O)CNc2cc[nH]c(=O)c2-c2nc3cc4c(cc3[nH]2)C(=O)N(C2CCN(C)CC2)C4=O)c(C(C)C)cc1Cl. The summed E-state index contributed by atoms with van der Waals surface area (Å²) in [5.74, 6) is 0.526. The summed E-state index contributed by atoms with van der Waals surface area (Å²) >= 11 is 6.31. The summed E-state index contributed by atoms with van der Waals surface area (Å²) in [6.07, 6.45) is 2.11. The van der Waals surface area contributed by atoms with Crippen LogP contribution in [-0.4, -0.2) is 87.1 Å². The fraction of sp³-hybridized carbons (Fsp3) is 0.394. The molecule has 1 unspecified atom stereocenters. The van der Waals surface area contributed by atoms with Crippen molar-refractivity contribution in [1.29, 1.82) is 0 Å². The molecule has 4 N–H and O–H groups in total. The number of aliphatic hydroxyl groups is 1. The first-order chi connectivity index (χ1) is 21.5. The molecule has 4 aromatic rings. The summed E-state index contributed by atoms with van der Waals surface area (Å²) in [4.78, 5) is 53.8. The average Bonchev–Trinajstić information content (AvgIpc) is 3.52. The Hall–Kier alpha value is -4.19. The molecule has 0 radical (unpaired) electrons. The number of benzene rings is 2. The maximum atomic E-state index is 13.3. The highest BCUT2D eigenvalue weighted by atomic mass is 35.5. The standard InChI is InChI=1S/C33H37ClN6O5/c1-17(2)21-12-24(34)18(3)11-28(21)45-16-20(41)15-36-25-5-8-35-31(42)29(25)30-37-26-13-22-23(14-27(26)38-30)33(44)40(32(22)43)19-6-9-39(4)10-7-19/h5,8,11-14,17,19-20,41H,6-7,9-10,15-16H2,1-4H3,(H,37,38)(H2,35,36,42). The molecule has 0 spiro atoms. The monoisotopic (exact) mass is 632 g/mol. The van der Waals surface area contributed by atoms with Crippen molar-refractivity contribution >= 4 is 40.1 Å². The smallest absolute Gasteiger partial charge is 0.261 e. The number of hydrogen-bond donors (Lipinski definition) is 4. The Kier molecular flexibility index (Phi) is 8.43. The van der Waals surface area contributed by atoms with E-state index in [1.807, 2.05) is 40.0 Å². The number of halogens is 1. The predicted octanol–water partition coefficient (Wildman–Crippen LogP) is 4.55. The Balaban J connectivity index is 1.19. The molecule has 0 aliphatic carbocycles. The van der Waals surface area contributed by atoms with Crippen molar-refractivity contribution in [1.82, 2.24) is 24.8 Å². The minimum atomic E-state index is -0.892. The molecule has 2 aliphatic heterocycles. The second-order valence-corrected chi connectivity index (χ2v) is 12.7. The number of hydrogen-bond acceptors (Lipinski definition) is 8. The molecule has 2 aromatic heterocycles. The highest BCUT2D eigenvalue weighted by molar-refractivity contribution is 6.31. The van der Waals surface area contributed by atoms with Crippen LogP contribution in [-0.2, 0) is 0 Å². The van der Waals surface area contributed by atoms with Crippen molar-refractivity contribution in [2.24, 2.45) is 0 Å². The van der Waals surface area contributed by atoms with Crippen LogP contribution in [0.2, 0.25) is 5.02 Å². The molecule has 0 saturated carbocycles. The van der Waals surface area contributed by atoms with Crippen LogP contribution in [0.15, 0.2) is 41.3 Å². The van der Waals surface area contributed by atoms with Crippen LogP contribution in [0.4, 0.5) is 5.69 Å². The van der Waals surface area contributed by atoms with Gasteiger partial charge in [-0.05, 0) is 87.3 Å². The summed E-state index contributed by atoms with van der Waals surface area (Å²) in [6.45, 7) is 7.79. The van der Waals surface area contributed by atoms with Crippen molar-refractivity contribution in [3.05, 3.63) is 74.2 Å². The van der Waals surface area contributed by atoms with Crippen LogP contribution in [0.3, 0.4) is 0 Å². The Labute approximate surface area is 265 Å². The molecule has 0 bridgehead atoms. The highest BCUT2D eigenvalue weighted by Crippen LogP contribution is 2.34. The van der Waals surface area contributed by atoms with Crippen LogP contribution < -0.4 is 15.6 Å². The number of aryl methyl sites for hydroxylation is 1. The number of aromatic amines is 2. The van der Waals surface area contributed by atoms with E-state index in [1.54, 1.807) is 18.2 Å². The molecular formula is C33H37ClN6O5. The Morgan fingerprint density at radius 2 is 1.82 bits per heavy atom. The number of nitrogens with one attached hydrogen (secondary N) is 3. The maximum Gasteiger partial charge on any atom is 0.261 e. The first-order valence-corrected chi connectivity index (χ1v) is 15.6. The third-order valence-corrected chi connectivity index (χ3v) is 9.05. The number of fused-ring (bicyclic) bond motifs is 2. The molecule has 4 heterocycles. The van der Waals surface area contributed by atoms with Gasteiger partial charge in [0.05, 0.1) is 27.8 Å². The van der Waals surface area contributed by atoms with Gasteiger partial charge in [-0.2, -0.15) is 0 Å². The van der Waals surface area contributed by atoms with Crippen LogP contribution in [0.1, 0.15) is 64.4 Å². The van der Waals surface area contributed by atoms with E-state index in [9.17, 15) is 19.5 Å². The lowest BCUT2D eigenvalue weighted by Crippen LogP contribution is -2.46. The minimum absolute atomic E-state index is 0.0269. The van der Waals surface area contributed by atoms with Gasteiger partial charge in [0.1, 0.15) is 29.8 Å². The molecule has 236 valence electrons. The summed E-state index contributed by atoms with van der Waals surface area (Å²) < 4.78 is 5.97. The van der Waals surface area contributed by atoms with E-state index in [-0.39, 0.29) is 48.3 Å². The minimum Gasteiger partial charge on any atom is -0.491 e. The Morgan fingerprint density at radius 1 is 1.11 bits per heavy atom. The third-order valence-electron chi connectivity index (χ3n) is 8.64. The Bertz CT molecular complexity index is 1790. The van der Waals surface area contributed by atoms with Crippen molar-refractivity contribution < 1.29 is 19.4 Å². The van der Waals surface area contributed by atoms with Gasteiger partial charge in [-0.25, -0.2) is 4.98 Å². The van der Waals surface area contributed by atoms with Crippen molar-refractivity contribution in [3.8, 4) is 17.1 Å². The zero-order chi connectivity index (χ0) is 32.0. The van der Waals surface area contributed by atoms with Crippen LogP contribution in [0.5, 0.6) is 5.75 Å². The summed E-state index contributed by atoms with van der Waals surface area (Å²) in [7, 11) is 2.03. The third kappa shape index (κ3) is 5.95. The first-order valence-electron chi connectivity index (χ1n) is 15.2. The lowest BCUT2D eigenvalue weighted by molar-refractivity contribution is 0.0516. The molecule has 1 fully saturated rings. The highest BCUT2D eigenvalue weighted by Gasteiger charge is 2.41. The topological polar surface area (TPSA) is 144 Å². The largest absolute Gasteiger partial charge is 0.491 e. The van der Waals surface area contributed by atoms with Crippen molar-refractivity contribution in [2.45, 2.75) is 51.7 Å². The molecule has 45 heavy (non-hydrogen) atoms. The fourth-order valence-electron chi connectivity index (χ4n) is 6.05. The van der Waals surface area contributed by atoms with Crippen LogP contribution in [0, 0.1) is 6.92 Å². The van der Waals surface area contributed by atoms with Gasteiger partial charge in [-0.3, -0.25) is 19.3 Å². The number of aromatic nitrogens is 3. The number of aliphatic hydroxyl groups excluding tert-OH is 1.